The van der Waals surface area contributed by atoms with Crippen molar-refractivity contribution in [2.75, 3.05) is 0 Å². The number of hydrogen-bond donors (Lipinski definition) is 0. The predicted octanol–water partition coefficient (Wildman–Crippen LogP) is 2.20. The fraction of sp³-hybridized carbons (Fsp3) is 0.250. The molecule has 0 N–H and O–H groups in total. The molecule has 2 rings (SSSR count). The Morgan fingerprint density at radius 2 is 2.12 bits per heavy atom. The average Bonchev–Trinajstić information content (AvgIpc) is 1.80. The van der Waals surface area contributed by atoms with E-state index in [1.165, 1.54) is 29.6 Å². The van der Waals surface area contributed by atoms with Gasteiger partial charge in [-0.25, -0.2) is 0 Å². The van der Waals surface area contributed by atoms with E-state index in [4.69, 9.17) is 0 Å². The number of hydrogen-bond acceptors (Lipinski definition) is 0. The highest BCUT2D eigenvalue weighted by atomic mass is 14.2. The lowest BCUT2D eigenvalue weighted by atomic mass is 9.99. The van der Waals surface area contributed by atoms with Gasteiger partial charge in [0.05, 0.1) is 0 Å². The first-order valence-corrected chi connectivity index (χ1v) is 2.97. The van der Waals surface area contributed by atoms with Crippen LogP contribution in [0.5, 0.6) is 0 Å². The zero-order valence-electron chi connectivity index (χ0n) is 4.78. The summed E-state index contributed by atoms with van der Waals surface area (Å²) in [6, 6.07) is 0. The van der Waals surface area contributed by atoms with Crippen molar-refractivity contribution in [2.24, 2.45) is 0 Å². The minimum absolute atomic E-state index is 1.19. The van der Waals surface area contributed by atoms with Crippen LogP contribution in [0.3, 0.4) is 0 Å². The highest BCUT2D eigenvalue weighted by molar-refractivity contribution is 5.59. The first-order valence-electron chi connectivity index (χ1n) is 2.97. The Kier molecular flexibility index (Phi) is 0.587. The zero-order valence-corrected chi connectivity index (χ0v) is 4.78. The third kappa shape index (κ3) is 0.313. The van der Waals surface area contributed by atoms with E-state index in [1.54, 1.807) is 0 Å². The molecule has 0 heterocycles. The van der Waals surface area contributed by atoms with Crippen LogP contribution in [0.4, 0.5) is 0 Å². The SMILES string of the molecule is C=C1CCC2=CC=C12. The largest absolute Gasteiger partial charge is 0.0952 e. The van der Waals surface area contributed by atoms with Crippen molar-refractivity contribution in [3.05, 3.63) is 35.5 Å². The molecule has 0 heteroatoms. The van der Waals surface area contributed by atoms with Crippen LogP contribution >= 0.6 is 0 Å². The summed E-state index contributed by atoms with van der Waals surface area (Å²) < 4.78 is 0. The van der Waals surface area contributed by atoms with Crippen molar-refractivity contribution >= 4 is 0 Å². The maximum atomic E-state index is 3.93. The third-order valence-electron chi connectivity index (χ3n) is 1.87. The minimum Gasteiger partial charge on any atom is -0.0952 e. The van der Waals surface area contributed by atoms with E-state index < -0.39 is 0 Å². The third-order valence-corrected chi connectivity index (χ3v) is 1.87. The quantitative estimate of drug-likeness (QED) is 0.442. The summed E-state index contributed by atoms with van der Waals surface area (Å²) >= 11 is 0. The Balaban J connectivity index is 2.42. The summed E-state index contributed by atoms with van der Waals surface area (Å²) in [7, 11) is 0. The predicted molar refractivity (Wildman–Crippen MR) is 34.5 cm³/mol. The van der Waals surface area contributed by atoms with Gasteiger partial charge in [-0.15, -0.1) is 0 Å². The summed E-state index contributed by atoms with van der Waals surface area (Å²) in [6.45, 7) is 3.93. The van der Waals surface area contributed by atoms with E-state index in [0.717, 1.165) is 0 Å². The van der Waals surface area contributed by atoms with Gasteiger partial charge in [-0.05, 0) is 29.6 Å². The Morgan fingerprint density at radius 3 is 2.38 bits per heavy atom. The van der Waals surface area contributed by atoms with Gasteiger partial charge in [-0.1, -0.05) is 18.7 Å². The fourth-order valence-corrected chi connectivity index (χ4v) is 1.27. The molecular weight excluding hydrogens is 96.1 g/mol. The molecule has 0 aromatic rings. The number of rotatable bonds is 0. The number of fused-ring (bicyclic) bond motifs is 1. The molecule has 0 bridgehead atoms. The molecule has 0 unspecified atom stereocenters. The van der Waals surface area contributed by atoms with Crippen molar-refractivity contribution in [2.45, 2.75) is 12.8 Å². The van der Waals surface area contributed by atoms with Crippen molar-refractivity contribution in [1.29, 1.82) is 0 Å². The molecule has 2 aliphatic rings. The van der Waals surface area contributed by atoms with Crippen LogP contribution in [-0.2, 0) is 0 Å². The topological polar surface area (TPSA) is 0 Å². The summed E-state index contributed by atoms with van der Waals surface area (Å²) in [5.74, 6) is 0. The Morgan fingerprint density at radius 1 is 1.25 bits per heavy atom. The lowest BCUT2D eigenvalue weighted by Crippen LogP contribution is -1.87. The van der Waals surface area contributed by atoms with Crippen LogP contribution in [-0.4, -0.2) is 0 Å². The normalized spacial score (nSPS) is 23.8. The van der Waals surface area contributed by atoms with Crippen LogP contribution in [0.1, 0.15) is 12.8 Å². The van der Waals surface area contributed by atoms with Crippen molar-refractivity contribution in [3.63, 3.8) is 0 Å². The second kappa shape index (κ2) is 1.13. The van der Waals surface area contributed by atoms with Gasteiger partial charge >= 0.3 is 0 Å². The van der Waals surface area contributed by atoms with E-state index in [-0.39, 0.29) is 0 Å². The Labute approximate surface area is 49.2 Å². The lowest BCUT2D eigenvalue weighted by molar-refractivity contribution is 1.05. The molecule has 0 aromatic carbocycles. The smallest absolute Gasteiger partial charge is 0.0198 e. The summed E-state index contributed by atoms with van der Waals surface area (Å²) in [4.78, 5) is 0. The van der Waals surface area contributed by atoms with Crippen LogP contribution in [0.25, 0.3) is 0 Å². The van der Waals surface area contributed by atoms with Gasteiger partial charge in [0.2, 0.25) is 0 Å². The molecular formula is C8H8. The van der Waals surface area contributed by atoms with Crippen LogP contribution in [0.2, 0.25) is 0 Å². The first-order chi connectivity index (χ1) is 3.88. The molecule has 1 saturated carbocycles. The van der Waals surface area contributed by atoms with Crippen LogP contribution < -0.4 is 0 Å². The van der Waals surface area contributed by atoms with Gasteiger partial charge in [0.15, 0.2) is 0 Å². The molecule has 0 amide bonds. The second-order valence-corrected chi connectivity index (χ2v) is 2.38. The molecule has 40 valence electrons. The highest BCUT2D eigenvalue weighted by Crippen LogP contribution is 2.39. The van der Waals surface area contributed by atoms with Gasteiger partial charge in [-0.3, -0.25) is 0 Å². The minimum atomic E-state index is 1.19. The maximum Gasteiger partial charge on any atom is -0.0198 e. The van der Waals surface area contributed by atoms with E-state index in [2.05, 4.69) is 18.7 Å². The molecule has 0 aliphatic heterocycles. The van der Waals surface area contributed by atoms with Gasteiger partial charge in [0, 0.05) is 0 Å². The van der Waals surface area contributed by atoms with Gasteiger partial charge in [0.25, 0.3) is 0 Å². The first kappa shape index (κ1) is 4.13. The van der Waals surface area contributed by atoms with Gasteiger partial charge < -0.3 is 0 Å². The molecule has 0 aromatic heterocycles. The second-order valence-electron chi connectivity index (χ2n) is 2.38. The molecule has 0 spiro atoms. The molecule has 8 heavy (non-hydrogen) atoms. The Bertz CT molecular complexity index is 196. The maximum absolute atomic E-state index is 3.93. The van der Waals surface area contributed by atoms with Gasteiger partial charge in [0.1, 0.15) is 0 Å². The molecule has 2 aliphatic carbocycles. The van der Waals surface area contributed by atoms with E-state index in [0.29, 0.717) is 0 Å². The fourth-order valence-electron chi connectivity index (χ4n) is 1.27. The molecule has 1 fully saturated rings. The average molecular weight is 104 g/mol. The van der Waals surface area contributed by atoms with Crippen molar-refractivity contribution < 1.29 is 0 Å². The monoisotopic (exact) mass is 104 g/mol. The van der Waals surface area contributed by atoms with Crippen LogP contribution in [0, 0.1) is 0 Å². The zero-order chi connectivity index (χ0) is 5.56. The molecule has 0 atom stereocenters. The van der Waals surface area contributed by atoms with Gasteiger partial charge in [-0.2, -0.15) is 0 Å². The van der Waals surface area contributed by atoms with E-state index in [9.17, 15) is 0 Å². The molecule has 0 saturated heterocycles. The van der Waals surface area contributed by atoms with E-state index in [1.807, 2.05) is 0 Å². The van der Waals surface area contributed by atoms with E-state index >= 15 is 0 Å². The highest BCUT2D eigenvalue weighted by Gasteiger charge is 2.20. The molecule has 0 radical (unpaired) electrons. The Hall–Kier alpha value is -0.780. The standard InChI is InChI=1S/C8H8/c1-6-2-3-7-4-5-8(6)7/h4-5H,1-3H2. The van der Waals surface area contributed by atoms with Crippen LogP contribution in [0.15, 0.2) is 35.5 Å². The summed E-state index contributed by atoms with van der Waals surface area (Å²) in [6.07, 6.45) is 6.78. The lowest BCUT2D eigenvalue weighted by Gasteiger charge is -2.06. The number of allylic oxidation sites excluding steroid dienone is 5. The summed E-state index contributed by atoms with van der Waals surface area (Å²) in [5, 5.41) is 0. The van der Waals surface area contributed by atoms with Crippen molar-refractivity contribution in [1.82, 2.24) is 0 Å². The van der Waals surface area contributed by atoms with Crippen molar-refractivity contribution in [3.8, 4) is 0 Å². The summed E-state index contributed by atoms with van der Waals surface area (Å²) in [5.41, 5.74) is 4.29. The molecule has 0 nitrogen and oxygen atoms in total.